The van der Waals surface area contributed by atoms with E-state index in [1.807, 2.05) is 4.90 Å². The number of nitrogens with zero attached hydrogens (tertiary/aromatic N) is 3. The van der Waals surface area contributed by atoms with Crippen molar-refractivity contribution in [3.05, 3.63) is 11.6 Å². The van der Waals surface area contributed by atoms with Crippen molar-refractivity contribution >= 4 is 11.8 Å². The number of ether oxygens (including phenoxy) is 1. The van der Waals surface area contributed by atoms with Crippen LogP contribution in [0.3, 0.4) is 0 Å². The first-order valence-corrected chi connectivity index (χ1v) is 4.62. The maximum atomic E-state index is 10.9. The molecule has 15 heavy (non-hydrogen) atoms. The van der Waals surface area contributed by atoms with Crippen molar-refractivity contribution < 1.29 is 14.6 Å². The number of aromatic nitrogens is 2. The quantitative estimate of drug-likeness (QED) is 0.776. The average Bonchev–Trinajstić information content (AvgIpc) is 2.15. The summed E-state index contributed by atoms with van der Waals surface area (Å²) in [4.78, 5) is 12.9. The average molecular weight is 209 g/mol. The van der Waals surface area contributed by atoms with Gasteiger partial charge in [0, 0.05) is 19.2 Å². The number of carboxylic acids is 1. The summed E-state index contributed by atoms with van der Waals surface area (Å²) in [5.74, 6) is -0.408. The second-order valence-electron chi connectivity index (χ2n) is 3.27. The molecule has 0 amide bonds. The van der Waals surface area contributed by atoms with Crippen molar-refractivity contribution in [2.24, 2.45) is 0 Å². The fraction of sp³-hybridized carbons (Fsp3) is 0.444. The van der Waals surface area contributed by atoms with Crippen molar-refractivity contribution in [3.63, 3.8) is 0 Å². The van der Waals surface area contributed by atoms with E-state index in [9.17, 15) is 4.79 Å². The summed E-state index contributed by atoms with van der Waals surface area (Å²) in [6.45, 7) is 1.81. The summed E-state index contributed by atoms with van der Waals surface area (Å²) in [5.41, 5.74) is 0.0504. The normalized spacial score (nSPS) is 14.6. The van der Waals surface area contributed by atoms with Gasteiger partial charge in [0.15, 0.2) is 5.82 Å². The second-order valence-corrected chi connectivity index (χ2v) is 3.27. The first-order valence-electron chi connectivity index (χ1n) is 4.62. The number of hydrogen-bond acceptors (Lipinski definition) is 5. The number of carboxylic acid groups (broad SMARTS) is 1. The zero-order valence-electron chi connectivity index (χ0n) is 8.30. The van der Waals surface area contributed by atoms with E-state index in [1.165, 1.54) is 13.2 Å². The number of aromatic carboxylic acids is 1. The van der Waals surface area contributed by atoms with Gasteiger partial charge in [-0.1, -0.05) is 0 Å². The molecular weight excluding hydrogens is 198 g/mol. The summed E-state index contributed by atoms with van der Waals surface area (Å²) in [7, 11) is 1.37. The monoisotopic (exact) mass is 209 g/mol. The zero-order valence-corrected chi connectivity index (χ0v) is 8.30. The summed E-state index contributed by atoms with van der Waals surface area (Å²) < 4.78 is 4.82. The van der Waals surface area contributed by atoms with Crippen LogP contribution in [0, 0.1) is 0 Å². The maximum Gasteiger partial charge on any atom is 0.341 e. The van der Waals surface area contributed by atoms with Gasteiger partial charge in [0.25, 0.3) is 0 Å². The molecule has 2 rings (SSSR count). The molecule has 0 aromatic carbocycles. The Balaban J connectivity index is 2.35. The molecule has 0 saturated carbocycles. The highest BCUT2D eigenvalue weighted by Crippen LogP contribution is 2.22. The van der Waals surface area contributed by atoms with Gasteiger partial charge in [-0.05, 0) is 6.42 Å². The first-order chi connectivity index (χ1) is 7.22. The predicted molar refractivity (Wildman–Crippen MR) is 52.4 cm³/mol. The van der Waals surface area contributed by atoms with E-state index >= 15 is 0 Å². The van der Waals surface area contributed by atoms with Crippen molar-refractivity contribution in [1.82, 2.24) is 10.2 Å². The van der Waals surface area contributed by atoms with E-state index in [0.29, 0.717) is 5.82 Å². The fourth-order valence-corrected chi connectivity index (χ4v) is 1.37. The Bertz CT molecular complexity index is 390. The van der Waals surface area contributed by atoms with E-state index in [-0.39, 0.29) is 11.4 Å². The van der Waals surface area contributed by atoms with Crippen LogP contribution in [-0.4, -0.2) is 41.5 Å². The Labute approximate surface area is 86.5 Å². The minimum atomic E-state index is -1.05. The molecule has 0 aliphatic carbocycles. The molecule has 1 N–H and O–H groups in total. The number of hydrogen-bond donors (Lipinski definition) is 1. The lowest BCUT2D eigenvalue weighted by atomic mass is 10.2. The molecule has 0 radical (unpaired) electrons. The maximum absolute atomic E-state index is 10.9. The Morgan fingerprint density at radius 3 is 2.73 bits per heavy atom. The third-order valence-electron chi connectivity index (χ3n) is 2.35. The molecule has 0 atom stereocenters. The molecule has 0 unspecified atom stereocenters. The Morgan fingerprint density at radius 1 is 1.53 bits per heavy atom. The largest absolute Gasteiger partial charge is 0.479 e. The van der Waals surface area contributed by atoms with Gasteiger partial charge in [-0.3, -0.25) is 0 Å². The molecule has 1 aromatic heterocycles. The summed E-state index contributed by atoms with van der Waals surface area (Å²) in [5, 5.41) is 16.6. The van der Waals surface area contributed by atoms with Crippen LogP contribution in [0.25, 0.3) is 0 Å². The molecule has 0 spiro atoms. The molecule has 1 saturated heterocycles. The zero-order chi connectivity index (χ0) is 10.8. The van der Waals surface area contributed by atoms with Crippen molar-refractivity contribution in [2.45, 2.75) is 6.42 Å². The van der Waals surface area contributed by atoms with Crippen LogP contribution in [0.4, 0.5) is 5.82 Å². The number of anilines is 1. The van der Waals surface area contributed by atoms with Crippen LogP contribution in [0.2, 0.25) is 0 Å². The van der Waals surface area contributed by atoms with Gasteiger partial charge in [0.05, 0.1) is 7.11 Å². The van der Waals surface area contributed by atoms with Gasteiger partial charge in [-0.15, -0.1) is 10.2 Å². The van der Waals surface area contributed by atoms with E-state index in [2.05, 4.69) is 10.2 Å². The summed E-state index contributed by atoms with van der Waals surface area (Å²) >= 11 is 0. The lowest BCUT2D eigenvalue weighted by Gasteiger charge is -2.31. The molecule has 1 aliphatic heterocycles. The molecule has 0 bridgehead atoms. The highest BCUT2D eigenvalue weighted by Gasteiger charge is 2.20. The Hall–Kier alpha value is -1.85. The third-order valence-corrected chi connectivity index (χ3v) is 2.35. The highest BCUT2D eigenvalue weighted by atomic mass is 16.5. The van der Waals surface area contributed by atoms with Gasteiger partial charge >= 0.3 is 5.97 Å². The highest BCUT2D eigenvalue weighted by molar-refractivity contribution is 5.90. The van der Waals surface area contributed by atoms with Gasteiger partial charge in [-0.25, -0.2) is 4.79 Å². The van der Waals surface area contributed by atoms with Crippen LogP contribution in [0.15, 0.2) is 6.07 Å². The minimum absolute atomic E-state index is 0.0479. The van der Waals surface area contributed by atoms with Crippen LogP contribution >= 0.6 is 0 Å². The van der Waals surface area contributed by atoms with Gasteiger partial charge in [0.2, 0.25) is 5.88 Å². The minimum Gasteiger partial charge on any atom is -0.479 e. The van der Waals surface area contributed by atoms with E-state index in [1.54, 1.807) is 0 Å². The molecule has 6 heteroatoms. The number of methoxy groups -OCH3 is 1. The number of rotatable bonds is 3. The Kier molecular flexibility index (Phi) is 2.40. The third kappa shape index (κ3) is 1.70. The summed E-state index contributed by atoms with van der Waals surface area (Å²) in [6, 6.07) is 1.49. The molecule has 1 aromatic rings. The molecule has 2 heterocycles. The lowest BCUT2D eigenvalue weighted by Crippen LogP contribution is -2.37. The summed E-state index contributed by atoms with van der Waals surface area (Å²) in [6.07, 6.45) is 1.11. The predicted octanol–water partition coefficient (Wildman–Crippen LogP) is 0.393. The van der Waals surface area contributed by atoms with Crippen LogP contribution in [0.5, 0.6) is 5.88 Å². The Morgan fingerprint density at radius 2 is 2.27 bits per heavy atom. The van der Waals surface area contributed by atoms with Gasteiger partial charge in [-0.2, -0.15) is 0 Å². The first kappa shape index (κ1) is 9.70. The van der Waals surface area contributed by atoms with Crippen LogP contribution in [-0.2, 0) is 0 Å². The molecule has 1 fully saturated rings. The SMILES string of the molecule is COc1nnc(N2CCC2)cc1C(=O)O. The lowest BCUT2D eigenvalue weighted by molar-refractivity contribution is 0.0692. The standard InChI is InChI=1S/C9H11N3O3/c1-15-8-6(9(13)14)5-7(10-11-8)12-3-2-4-12/h5H,2-4H2,1H3,(H,13,14). The van der Waals surface area contributed by atoms with Crippen LogP contribution < -0.4 is 9.64 Å². The van der Waals surface area contributed by atoms with Crippen molar-refractivity contribution in [1.29, 1.82) is 0 Å². The van der Waals surface area contributed by atoms with Crippen molar-refractivity contribution in [3.8, 4) is 5.88 Å². The molecule has 1 aliphatic rings. The fourth-order valence-electron chi connectivity index (χ4n) is 1.37. The molecule has 6 nitrogen and oxygen atoms in total. The smallest absolute Gasteiger partial charge is 0.341 e. The molecule has 80 valence electrons. The topological polar surface area (TPSA) is 75.6 Å². The van der Waals surface area contributed by atoms with E-state index in [4.69, 9.17) is 9.84 Å². The van der Waals surface area contributed by atoms with E-state index in [0.717, 1.165) is 19.5 Å². The second kappa shape index (κ2) is 3.72. The van der Waals surface area contributed by atoms with Crippen LogP contribution in [0.1, 0.15) is 16.8 Å². The van der Waals surface area contributed by atoms with Gasteiger partial charge < -0.3 is 14.7 Å². The number of carbonyl (C=O) groups is 1. The molecular formula is C9H11N3O3. The van der Waals surface area contributed by atoms with Gasteiger partial charge in [0.1, 0.15) is 5.56 Å². The van der Waals surface area contributed by atoms with Crippen molar-refractivity contribution in [2.75, 3.05) is 25.1 Å². The van der Waals surface area contributed by atoms with E-state index < -0.39 is 5.97 Å².